The Labute approximate surface area is 177 Å². The summed E-state index contributed by atoms with van der Waals surface area (Å²) in [5, 5.41) is 11.8. The molecule has 0 unspecified atom stereocenters. The average molecular weight is 433 g/mol. The van der Waals surface area contributed by atoms with Gasteiger partial charge in [0.05, 0.1) is 35.0 Å². The summed E-state index contributed by atoms with van der Waals surface area (Å²) < 4.78 is 6.36. The van der Waals surface area contributed by atoms with Gasteiger partial charge in [0.2, 0.25) is 0 Å². The zero-order chi connectivity index (χ0) is 21.1. The fraction of sp³-hybridized carbons (Fsp3) is 0.200. The van der Waals surface area contributed by atoms with Crippen LogP contribution in [-0.2, 0) is 11.3 Å². The van der Waals surface area contributed by atoms with Gasteiger partial charge >= 0.3 is 5.97 Å². The van der Waals surface area contributed by atoms with Crippen molar-refractivity contribution < 1.29 is 14.3 Å². The molecule has 3 aromatic rings. The minimum Gasteiger partial charge on any atom is -0.465 e. The molecule has 7 nitrogen and oxygen atoms in total. The molecule has 1 heterocycles. The molecular formula is C20H18Cl2N4O3. The minimum absolute atomic E-state index is 0.188. The summed E-state index contributed by atoms with van der Waals surface area (Å²) in [6.07, 6.45) is 0. The van der Waals surface area contributed by atoms with Gasteiger partial charge in [0, 0.05) is 5.69 Å². The highest BCUT2D eigenvalue weighted by Crippen LogP contribution is 2.24. The molecule has 0 fully saturated rings. The van der Waals surface area contributed by atoms with Crippen molar-refractivity contribution in [3.05, 3.63) is 74.5 Å². The fourth-order valence-electron chi connectivity index (χ4n) is 2.81. The number of aromatic nitrogens is 3. The van der Waals surface area contributed by atoms with Crippen LogP contribution in [0.5, 0.6) is 0 Å². The van der Waals surface area contributed by atoms with Gasteiger partial charge in [-0.15, -0.1) is 5.10 Å². The highest BCUT2D eigenvalue weighted by molar-refractivity contribution is 6.42. The second-order valence-corrected chi connectivity index (χ2v) is 7.17. The van der Waals surface area contributed by atoms with Crippen molar-refractivity contribution in [3.63, 3.8) is 0 Å². The Morgan fingerprint density at radius 1 is 1.14 bits per heavy atom. The third-order valence-corrected chi connectivity index (χ3v) is 5.24. The molecule has 150 valence electrons. The van der Waals surface area contributed by atoms with Crippen LogP contribution < -0.4 is 5.32 Å². The summed E-state index contributed by atoms with van der Waals surface area (Å²) in [5.41, 5.74) is 3.14. The number of ether oxygens (including phenoxy) is 1. The Morgan fingerprint density at radius 3 is 2.59 bits per heavy atom. The van der Waals surface area contributed by atoms with Crippen LogP contribution in [0.3, 0.4) is 0 Å². The number of methoxy groups -OCH3 is 1. The van der Waals surface area contributed by atoms with Crippen LogP contribution in [0.2, 0.25) is 10.0 Å². The molecule has 0 aliphatic rings. The zero-order valence-corrected chi connectivity index (χ0v) is 17.5. The van der Waals surface area contributed by atoms with E-state index in [1.807, 2.05) is 6.07 Å². The number of halogens is 2. The van der Waals surface area contributed by atoms with E-state index in [0.717, 1.165) is 5.56 Å². The lowest BCUT2D eigenvalue weighted by Gasteiger charge is -2.11. The highest BCUT2D eigenvalue weighted by atomic mass is 35.5. The third-order valence-electron chi connectivity index (χ3n) is 4.50. The molecule has 1 aromatic heterocycles. The highest BCUT2D eigenvalue weighted by Gasteiger charge is 2.19. The van der Waals surface area contributed by atoms with E-state index in [0.29, 0.717) is 39.1 Å². The quantitative estimate of drug-likeness (QED) is 0.607. The number of hydrogen-bond donors (Lipinski definition) is 1. The van der Waals surface area contributed by atoms with E-state index >= 15 is 0 Å². The normalized spacial score (nSPS) is 10.7. The maximum absolute atomic E-state index is 12.7. The first-order chi connectivity index (χ1) is 13.8. The molecule has 2 aromatic carbocycles. The van der Waals surface area contributed by atoms with Gasteiger partial charge in [-0.2, -0.15) is 0 Å². The van der Waals surface area contributed by atoms with Gasteiger partial charge in [-0.3, -0.25) is 4.79 Å². The number of esters is 1. The smallest absolute Gasteiger partial charge is 0.338 e. The van der Waals surface area contributed by atoms with Gasteiger partial charge < -0.3 is 10.1 Å². The molecule has 0 spiro atoms. The molecule has 0 aliphatic carbocycles. The number of carbonyl (C=O) groups excluding carboxylic acids is 2. The van der Waals surface area contributed by atoms with Crippen molar-refractivity contribution in [3.8, 4) is 0 Å². The van der Waals surface area contributed by atoms with Gasteiger partial charge in [-0.25, -0.2) is 9.48 Å². The number of nitrogens with zero attached hydrogens (tertiary/aromatic N) is 3. The van der Waals surface area contributed by atoms with Crippen molar-refractivity contribution in [2.75, 3.05) is 12.4 Å². The Hall–Kier alpha value is -2.90. The molecule has 0 bridgehead atoms. The number of hydrogen-bond acceptors (Lipinski definition) is 5. The predicted molar refractivity (Wildman–Crippen MR) is 111 cm³/mol. The van der Waals surface area contributed by atoms with Crippen LogP contribution in [0.25, 0.3) is 0 Å². The van der Waals surface area contributed by atoms with Gasteiger partial charge in [-0.05, 0) is 49.2 Å². The number of anilines is 1. The van der Waals surface area contributed by atoms with E-state index < -0.39 is 11.9 Å². The number of amides is 1. The van der Waals surface area contributed by atoms with Gasteiger partial charge in [-0.1, -0.05) is 40.5 Å². The number of benzene rings is 2. The fourth-order valence-corrected chi connectivity index (χ4v) is 3.14. The van der Waals surface area contributed by atoms with Gasteiger partial charge in [0.1, 0.15) is 0 Å². The number of carbonyl (C=O) groups is 2. The van der Waals surface area contributed by atoms with Crippen molar-refractivity contribution in [2.24, 2.45) is 0 Å². The Bertz CT molecular complexity index is 1100. The zero-order valence-electron chi connectivity index (χ0n) is 16.0. The standard InChI is InChI=1S/C20H18Cl2N4O3/c1-11-14(20(28)29-3)5-4-6-17(11)23-19(27)18-12(2)26(25-24-18)10-13-7-8-15(21)16(22)9-13/h4-9H,10H2,1-3H3,(H,23,27). The van der Waals surface area contributed by atoms with Gasteiger partial charge in [0.25, 0.3) is 5.91 Å². The maximum atomic E-state index is 12.7. The molecule has 9 heteroatoms. The maximum Gasteiger partial charge on any atom is 0.338 e. The van der Waals surface area contributed by atoms with Crippen LogP contribution >= 0.6 is 23.2 Å². The van der Waals surface area contributed by atoms with E-state index in [2.05, 4.69) is 15.6 Å². The topological polar surface area (TPSA) is 86.1 Å². The largest absolute Gasteiger partial charge is 0.465 e. The first-order valence-electron chi connectivity index (χ1n) is 8.65. The molecule has 0 radical (unpaired) electrons. The third kappa shape index (κ3) is 4.41. The lowest BCUT2D eigenvalue weighted by molar-refractivity contribution is 0.0599. The van der Waals surface area contributed by atoms with Crippen LogP contribution in [0.15, 0.2) is 36.4 Å². The number of rotatable bonds is 5. The van der Waals surface area contributed by atoms with Crippen LogP contribution in [0.1, 0.15) is 37.7 Å². The Kier molecular flexibility index (Phi) is 6.20. The van der Waals surface area contributed by atoms with Crippen molar-refractivity contribution >= 4 is 40.8 Å². The van der Waals surface area contributed by atoms with E-state index in [4.69, 9.17) is 27.9 Å². The minimum atomic E-state index is -0.470. The molecule has 29 heavy (non-hydrogen) atoms. The molecular weight excluding hydrogens is 415 g/mol. The molecule has 0 atom stereocenters. The Balaban J connectivity index is 1.81. The van der Waals surface area contributed by atoms with E-state index in [1.165, 1.54) is 7.11 Å². The van der Waals surface area contributed by atoms with Crippen molar-refractivity contribution in [1.29, 1.82) is 0 Å². The second-order valence-electron chi connectivity index (χ2n) is 6.35. The lowest BCUT2D eigenvalue weighted by Crippen LogP contribution is -2.16. The SMILES string of the molecule is COC(=O)c1cccc(NC(=O)c2nnn(Cc3ccc(Cl)c(Cl)c3)c2C)c1C. The lowest BCUT2D eigenvalue weighted by atomic mass is 10.1. The Morgan fingerprint density at radius 2 is 1.90 bits per heavy atom. The first kappa shape index (κ1) is 20.8. The summed E-state index contributed by atoms with van der Waals surface area (Å²) in [5.74, 6) is -0.893. The number of nitrogens with one attached hydrogen (secondary N) is 1. The van der Waals surface area contributed by atoms with Crippen LogP contribution in [0, 0.1) is 13.8 Å². The van der Waals surface area contributed by atoms with E-state index in [9.17, 15) is 9.59 Å². The summed E-state index contributed by atoms with van der Waals surface area (Å²) in [4.78, 5) is 24.6. The van der Waals surface area contributed by atoms with E-state index in [1.54, 1.807) is 48.9 Å². The molecule has 0 saturated carbocycles. The predicted octanol–water partition coefficient (Wildman–Crippen LogP) is 4.29. The van der Waals surface area contributed by atoms with E-state index in [-0.39, 0.29) is 5.69 Å². The van der Waals surface area contributed by atoms with Crippen LogP contribution in [0.4, 0.5) is 5.69 Å². The molecule has 0 aliphatic heterocycles. The van der Waals surface area contributed by atoms with Crippen molar-refractivity contribution in [1.82, 2.24) is 15.0 Å². The summed E-state index contributed by atoms with van der Waals surface area (Å²) >= 11 is 12.0. The first-order valence-corrected chi connectivity index (χ1v) is 9.40. The molecule has 3 rings (SSSR count). The monoisotopic (exact) mass is 432 g/mol. The molecule has 0 saturated heterocycles. The van der Waals surface area contributed by atoms with Crippen LogP contribution in [-0.4, -0.2) is 34.0 Å². The molecule has 1 N–H and O–H groups in total. The van der Waals surface area contributed by atoms with Crippen molar-refractivity contribution in [2.45, 2.75) is 20.4 Å². The van der Waals surface area contributed by atoms with Gasteiger partial charge in [0.15, 0.2) is 5.69 Å². The summed E-state index contributed by atoms with van der Waals surface area (Å²) in [7, 11) is 1.31. The summed E-state index contributed by atoms with van der Waals surface area (Å²) in [6.45, 7) is 3.87. The average Bonchev–Trinajstić information content (AvgIpc) is 3.06. The molecule has 1 amide bonds. The second kappa shape index (κ2) is 8.63. The summed E-state index contributed by atoms with van der Waals surface area (Å²) in [6, 6.07) is 10.3.